The van der Waals surface area contributed by atoms with Gasteiger partial charge in [-0.1, -0.05) is 36.4 Å². The van der Waals surface area contributed by atoms with Crippen molar-refractivity contribution in [1.29, 1.82) is 0 Å². The lowest BCUT2D eigenvalue weighted by atomic mass is 10.1. The van der Waals surface area contributed by atoms with Crippen molar-refractivity contribution in [3.8, 4) is 11.1 Å². The van der Waals surface area contributed by atoms with Crippen LogP contribution >= 0.6 is 12.4 Å². The summed E-state index contributed by atoms with van der Waals surface area (Å²) in [6.07, 6.45) is 1.57. The van der Waals surface area contributed by atoms with E-state index in [0.29, 0.717) is 0 Å². The van der Waals surface area contributed by atoms with Gasteiger partial charge in [-0.05, 0) is 11.6 Å². The van der Waals surface area contributed by atoms with Crippen LogP contribution in [0.1, 0.15) is 10.5 Å². The standard InChI is InChI=1S/C12H9NO2.ClH/c14-12(15)11-7-6-10(8-13-11)9-4-2-1-3-5-9;/h1-8H,(H,14,15);1H. The number of rotatable bonds is 2. The number of aromatic carboxylic acids is 1. The summed E-state index contributed by atoms with van der Waals surface area (Å²) >= 11 is 0. The predicted octanol–water partition coefficient (Wildman–Crippen LogP) is 2.87. The molecule has 1 aromatic heterocycles. The van der Waals surface area contributed by atoms with Crippen LogP contribution in [0, 0.1) is 0 Å². The minimum atomic E-state index is -1.00. The van der Waals surface area contributed by atoms with Gasteiger partial charge >= 0.3 is 5.97 Å². The Hall–Kier alpha value is -1.87. The van der Waals surface area contributed by atoms with E-state index in [1.165, 1.54) is 6.07 Å². The molecule has 1 N–H and O–H groups in total. The second-order valence-electron chi connectivity index (χ2n) is 3.10. The summed E-state index contributed by atoms with van der Waals surface area (Å²) in [5.74, 6) is -1.00. The number of carboxylic acids is 1. The van der Waals surface area contributed by atoms with Gasteiger partial charge in [0.05, 0.1) is 0 Å². The van der Waals surface area contributed by atoms with E-state index in [4.69, 9.17) is 5.11 Å². The van der Waals surface area contributed by atoms with Gasteiger partial charge in [0.15, 0.2) is 0 Å². The summed E-state index contributed by atoms with van der Waals surface area (Å²) in [5, 5.41) is 8.68. The van der Waals surface area contributed by atoms with E-state index in [9.17, 15) is 4.79 Å². The molecule has 2 rings (SSSR count). The van der Waals surface area contributed by atoms with E-state index in [1.807, 2.05) is 30.3 Å². The molecule has 3 nitrogen and oxygen atoms in total. The molecule has 0 atom stereocenters. The van der Waals surface area contributed by atoms with Crippen LogP contribution in [0.2, 0.25) is 0 Å². The third kappa shape index (κ3) is 2.58. The lowest BCUT2D eigenvalue weighted by molar-refractivity contribution is 0.0690. The molecule has 1 aromatic carbocycles. The lowest BCUT2D eigenvalue weighted by Gasteiger charge is -2.00. The van der Waals surface area contributed by atoms with Gasteiger partial charge in [0.1, 0.15) is 5.69 Å². The molecule has 0 aliphatic carbocycles. The number of benzene rings is 1. The highest BCUT2D eigenvalue weighted by molar-refractivity contribution is 5.86. The molecule has 0 spiro atoms. The first-order valence-corrected chi connectivity index (χ1v) is 4.52. The Morgan fingerprint density at radius 1 is 1.00 bits per heavy atom. The quantitative estimate of drug-likeness (QED) is 0.871. The highest BCUT2D eigenvalue weighted by atomic mass is 35.5. The molecule has 0 unspecified atom stereocenters. The molecule has 0 amide bonds. The van der Waals surface area contributed by atoms with Crippen molar-refractivity contribution in [2.24, 2.45) is 0 Å². The zero-order chi connectivity index (χ0) is 10.7. The minimum Gasteiger partial charge on any atom is -0.477 e. The molecule has 0 bridgehead atoms. The summed E-state index contributed by atoms with van der Waals surface area (Å²) in [7, 11) is 0. The van der Waals surface area contributed by atoms with Crippen LogP contribution in [0.15, 0.2) is 48.7 Å². The van der Waals surface area contributed by atoms with E-state index < -0.39 is 5.97 Å². The fourth-order valence-electron chi connectivity index (χ4n) is 1.32. The predicted molar refractivity (Wildman–Crippen MR) is 63.9 cm³/mol. The Balaban J connectivity index is 0.00000128. The number of hydrogen-bond acceptors (Lipinski definition) is 2. The average Bonchev–Trinajstić information content (AvgIpc) is 2.30. The van der Waals surface area contributed by atoms with Crippen LogP contribution in [-0.4, -0.2) is 16.1 Å². The molecule has 0 saturated carbocycles. The lowest BCUT2D eigenvalue weighted by Crippen LogP contribution is -1.98. The Bertz CT molecular complexity index is 468. The zero-order valence-corrected chi connectivity index (χ0v) is 9.15. The Morgan fingerprint density at radius 3 is 2.19 bits per heavy atom. The maximum atomic E-state index is 10.6. The minimum absolute atomic E-state index is 0. The first-order chi connectivity index (χ1) is 7.27. The van der Waals surface area contributed by atoms with Gasteiger partial charge in [-0.2, -0.15) is 0 Å². The van der Waals surface area contributed by atoms with E-state index in [-0.39, 0.29) is 18.1 Å². The molecule has 16 heavy (non-hydrogen) atoms. The van der Waals surface area contributed by atoms with Gasteiger partial charge in [-0.3, -0.25) is 0 Å². The van der Waals surface area contributed by atoms with Crippen molar-refractivity contribution in [1.82, 2.24) is 4.98 Å². The zero-order valence-electron chi connectivity index (χ0n) is 8.33. The van der Waals surface area contributed by atoms with Crippen molar-refractivity contribution in [3.05, 3.63) is 54.4 Å². The van der Waals surface area contributed by atoms with Crippen molar-refractivity contribution < 1.29 is 9.90 Å². The maximum Gasteiger partial charge on any atom is 0.354 e. The van der Waals surface area contributed by atoms with Gasteiger partial charge < -0.3 is 5.11 Å². The second kappa shape index (κ2) is 5.28. The third-order valence-electron chi connectivity index (χ3n) is 2.09. The molecule has 0 radical (unpaired) electrons. The van der Waals surface area contributed by atoms with Crippen LogP contribution < -0.4 is 0 Å². The fraction of sp³-hybridized carbons (Fsp3) is 0. The van der Waals surface area contributed by atoms with Crippen LogP contribution in [-0.2, 0) is 0 Å². The van der Waals surface area contributed by atoms with E-state index in [2.05, 4.69) is 4.98 Å². The van der Waals surface area contributed by atoms with Gasteiger partial charge in [0.25, 0.3) is 0 Å². The SMILES string of the molecule is Cl.O=C(O)c1ccc(-c2ccccc2)cn1. The topological polar surface area (TPSA) is 50.2 Å². The van der Waals surface area contributed by atoms with Crippen molar-refractivity contribution in [2.75, 3.05) is 0 Å². The molecule has 0 aliphatic rings. The van der Waals surface area contributed by atoms with Gasteiger partial charge in [0.2, 0.25) is 0 Å². The fourth-order valence-corrected chi connectivity index (χ4v) is 1.32. The number of carboxylic acid groups (broad SMARTS) is 1. The van der Waals surface area contributed by atoms with Crippen LogP contribution in [0.5, 0.6) is 0 Å². The Morgan fingerprint density at radius 2 is 1.69 bits per heavy atom. The molecule has 0 fully saturated rings. The smallest absolute Gasteiger partial charge is 0.354 e. The van der Waals surface area contributed by atoms with Crippen LogP contribution in [0.3, 0.4) is 0 Å². The molecule has 0 aliphatic heterocycles. The number of nitrogens with zero attached hydrogens (tertiary/aromatic N) is 1. The van der Waals surface area contributed by atoms with Gasteiger partial charge in [-0.15, -0.1) is 12.4 Å². The van der Waals surface area contributed by atoms with Gasteiger partial charge in [-0.25, -0.2) is 9.78 Å². The van der Waals surface area contributed by atoms with Gasteiger partial charge in [0, 0.05) is 11.8 Å². The van der Waals surface area contributed by atoms with E-state index in [1.54, 1.807) is 12.3 Å². The van der Waals surface area contributed by atoms with E-state index >= 15 is 0 Å². The van der Waals surface area contributed by atoms with E-state index in [0.717, 1.165) is 11.1 Å². The molecule has 82 valence electrons. The highest BCUT2D eigenvalue weighted by Gasteiger charge is 2.03. The Kier molecular flexibility index (Phi) is 4.03. The monoisotopic (exact) mass is 235 g/mol. The molecular weight excluding hydrogens is 226 g/mol. The van der Waals surface area contributed by atoms with Crippen LogP contribution in [0.25, 0.3) is 11.1 Å². The highest BCUT2D eigenvalue weighted by Crippen LogP contribution is 2.17. The molecule has 1 heterocycles. The number of pyridine rings is 1. The Labute approximate surface area is 99.2 Å². The van der Waals surface area contributed by atoms with Crippen molar-refractivity contribution >= 4 is 18.4 Å². The second-order valence-corrected chi connectivity index (χ2v) is 3.10. The summed E-state index contributed by atoms with van der Waals surface area (Å²) in [6.45, 7) is 0. The summed E-state index contributed by atoms with van der Waals surface area (Å²) < 4.78 is 0. The third-order valence-corrected chi connectivity index (χ3v) is 2.09. The molecule has 2 aromatic rings. The number of aromatic nitrogens is 1. The maximum absolute atomic E-state index is 10.6. The summed E-state index contributed by atoms with van der Waals surface area (Å²) in [6, 6.07) is 13.0. The molecular formula is C12H10ClNO2. The largest absolute Gasteiger partial charge is 0.477 e. The van der Waals surface area contributed by atoms with Crippen molar-refractivity contribution in [2.45, 2.75) is 0 Å². The van der Waals surface area contributed by atoms with Crippen molar-refractivity contribution in [3.63, 3.8) is 0 Å². The number of halogens is 1. The molecule has 4 heteroatoms. The first kappa shape index (κ1) is 12.2. The summed E-state index contributed by atoms with van der Waals surface area (Å²) in [4.78, 5) is 14.4. The number of hydrogen-bond donors (Lipinski definition) is 1. The number of carbonyl (C=O) groups is 1. The van der Waals surface area contributed by atoms with Crippen LogP contribution in [0.4, 0.5) is 0 Å². The normalized spacial score (nSPS) is 9.25. The summed E-state index contributed by atoms with van der Waals surface area (Å²) in [5.41, 5.74) is 2.01. The first-order valence-electron chi connectivity index (χ1n) is 4.52. The molecule has 0 saturated heterocycles. The average molecular weight is 236 g/mol.